The molecule has 2 rings (SSSR count). The first kappa shape index (κ1) is 16.5. The zero-order valence-electron chi connectivity index (χ0n) is 13.3. The molecule has 1 aromatic rings. The van der Waals surface area contributed by atoms with E-state index < -0.39 is 11.8 Å². The van der Waals surface area contributed by atoms with E-state index in [9.17, 15) is 9.59 Å². The van der Waals surface area contributed by atoms with E-state index >= 15 is 0 Å². The molecular weight excluding hydrogens is 278 g/mol. The van der Waals surface area contributed by atoms with Crippen molar-refractivity contribution in [3.8, 4) is 0 Å². The fraction of sp³-hybridized carbons (Fsp3) is 0.529. The molecule has 1 aliphatic rings. The summed E-state index contributed by atoms with van der Waals surface area (Å²) in [4.78, 5) is 27.8. The summed E-state index contributed by atoms with van der Waals surface area (Å²) >= 11 is 0. The SMILES string of the molecule is CCCCNC(=O)C(=O)N1CCN(Cc2ccccc2)CC1. The summed E-state index contributed by atoms with van der Waals surface area (Å²) in [6.07, 6.45) is 1.91. The van der Waals surface area contributed by atoms with Crippen molar-refractivity contribution >= 4 is 11.8 Å². The van der Waals surface area contributed by atoms with Crippen LogP contribution in [0.4, 0.5) is 0 Å². The molecule has 5 nitrogen and oxygen atoms in total. The largest absolute Gasteiger partial charge is 0.348 e. The maximum absolute atomic E-state index is 12.1. The molecule has 0 atom stereocenters. The Bertz CT molecular complexity index is 482. The summed E-state index contributed by atoms with van der Waals surface area (Å²) in [6.45, 7) is 6.38. The van der Waals surface area contributed by atoms with Crippen LogP contribution in [0.5, 0.6) is 0 Å². The number of amides is 2. The normalized spacial score (nSPS) is 15.6. The number of rotatable bonds is 5. The van der Waals surface area contributed by atoms with E-state index in [1.54, 1.807) is 4.90 Å². The number of benzene rings is 1. The van der Waals surface area contributed by atoms with Gasteiger partial charge in [0, 0.05) is 39.3 Å². The predicted octanol–water partition coefficient (Wildman–Crippen LogP) is 1.25. The molecule has 1 heterocycles. The zero-order chi connectivity index (χ0) is 15.8. The smallest absolute Gasteiger partial charge is 0.311 e. The highest BCUT2D eigenvalue weighted by atomic mass is 16.2. The van der Waals surface area contributed by atoms with Crippen molar-refractivity contribution in [1.29, 1.82) is 0 Å². The van der Waals surface area contributed by atoms with Gasteiger partial charge in [-0.25, -0.2) is 0 Å². The standard InChI is InChI=1S/C17H25N3O2/c1-2-3-9-18-16(21)17(22)20-12-10-19(11-13-20)14-15-7-5-4-6-8-15/h4-8H,2-3,9-14H2,1H3,(H,18,21). The van der Waals surface area contributed by atoms with Crippen LogP contribution in [-0.4, -0.2) is 54.3 Å². The van der Waals surface area contributed by atoms with Crippen molar-refractivity contribution in [3.05, 3.63) is 35.9 Å². The van der Waals surface area contributed by atoms with Gasteiger partial charge in [0.25, 0.3) is 0 Å². The Morgan fingerprint density at radius 2 is 1.77 bits per heavy atom. The van der Waals surface area contributed by atoms with Gasteiger partial charge in [-0.1, -0.05) is 43.7 Å². The minimum Gasteiger partial charge on any atom is -0.348 e. The van der Waals surface area contributed by atoms with Gasteiger partial charge in [0.1, 0.15) is 0 Å². The van der Waals surface area contributed by atoms with Crippen LogP contribution in [0.15, 0.2) is 30.3 Å². The van der Waals surface area contributed by atoms with Gasteiger partial charge in [-0.2, -0.15) is 0 Å². The van der Waals surface area contributed by atoms with Crippen molar-refractivity contribution < 1.29 is 9.59 Å². The van der Waals surface area contributed by atoms with Crippen LogP contribution in [0, 0.1) is 0 Å². The van der Waals surface area contributed by atoms with Gasteiger partial charge >= 0.3 is 11.8 Å². The third-order valence-corrected chi connectivity index (χ3v) is 3.92. The molecule has 0 aliphatic carbocycles. The first-order chi connectivity index (χ1) is 10.7. The van der Waals surface area contributed by atoms with Crippen LogP contribution in [0.1, 0.15) is 25.3 Å². The minimum atomic E-state index is -0.468. The van der Waals surface area contributed by atoms with Crippen LogP contribution in [-0.2, 0) is 16.1 Å². The summed E-state index contributed by atoms with van der Waals surface area (Å²) in [5.41, 5.74) is 1.28. The first-order valence-electron chi connectivity index (χ1n) is 8.04. The van der Waals surface area contributed by atoms with Gasteiger partial charge in [0.2, 0.25) is 0 Å². The van der Waals surface area contributed by atoms with Crippen LogP contribution in [0.2, 0.25) is 0 Å². The van der Waals surface area contributed by atoms with E-state index in [1.807, 2.05) is 18.2 Å². The van der Waals surface area contributed by atoms with Gasteiger partial charge in [0.15, 0.2) is 0 Å². The van der Waals surface area contributed by atoms with Crippen molar-refractivity contribution in [2.75, 3.05) is 32.7 Å². The Labute approximate surface area is 132 Å². The van der Waals surface area contributed by atoms with E-state index in [-0.39, 0.29) is 0 Å². The maximum Gasteiger partial charge on any atom is 0.311 e. The Hall–Kier alpha value is -1.88. The van der Waals surface area contributed by atoms with Crippen molar-refractivity contribution in [2.24, 2.45) is 0 Å². The number of nitrogens with zero attached hydrogens (tertiary/aromatic N) is 2. The molecule has 1 aliphatic heterocycles. The van der Waals surface area contributed by atoms with Crippen molar-refractivity contribution in [1.82, 2.24) is 15.1 Å². The molecule has 22 heavy (non-hydrogen) atoms. The second-order valence-electron chi connectivity index (χ2n) is 5.66. The molecule has 0 radical (unpaired) electrons. The van der Waals surface area contributed by atoms with E-state index in [1.165, 1.54) is 5.56 Å². The topological polar surface area (TPSA) is 52.7 Å². The highest BCUT2D eigenvalue weighted by Crippen LogP contribution is 2.08. The monoisotopic (exact) mass is 303 g/mol. The van der Waals surface area contributed by atoms with Crippen molar-refractivity contribution in [3.63, 3.8) is 0 Å². The molecule has 1 saturated heterocycles. The molecule has 0 bridgehead atoms. The molecule has 5 heteroatoms. The highest BCUT2D eigenvalue weighted by Gasteiger charge is 2.25. The lowest BCUT2D eigenvalue weighted by Gasteiger charge is -2.34. The number of hydrogen-bond donors (Lipinski definition) is 1. The molecule has 120 valence electrons. The number of carbonyl (C=O) groups is 2. The fourth-order valence-electron chi connectivity index (χ4n) is 2.55. The van der Waals surface area contributed by atoms with Crippen molar-refractivity contribution in [2.45, 2.75) is 26.3 Å². The third kappa shape index (κ3) is 4.84. The lowest BCUT2D eigenvalue weighted by molar-refractivity contribution is -0.147. The third-order valence-electron chi connectivity index (χ3n) is 3.92. The summed E-state index contributed by atoms with van der Waals surface area (Å²) in [7, 11) is 0. The number of piperazine rings is 1. The number of hydrogen-bond acceptors (Lipinski definition) is 3. The van der Waals surface area contributed by atoms with E-state index in [0.717, 1.165) is 32.5 Å². The van der Waals surface area contributed by atoms with Crippen LogP contribution in [0.3, 0.4) is 0 Å². The number of nitrogens with one attached hydrogen (secondary N) is 1. The summed E-state index contributed by atoms with van der Waals surface area (Å²) in [6, 6.07) is 10.3. The van der Waals surface area contributed by atoms with Gasteiger partial charge < -0.3 is 10.2 Å². The van der Waals surface area contributed by atoms with Gasteiger partial charge in [0.05, 0.1) is 0 Å². The zero-order valence-corrected chi connectivity index (χ0v) is 13.3. The molecule has 0 aromatic heterocycles. The average molecular weight is 303 g/mol. The number of unbranched alkanes of at least 4 members (excludes halogenated alkanes) is 1. The van der Waals surface area contributed by atoms with Crippen LogP contribution in [0.25, 0.3) is 0 Å². The Morgan fingerprint density at radius 3 is 2.41 bits per heavy atom. The second-order valence-corrected chi connectivity index (χ2v) is 5.66. The van der Waals surface area contributed by atoms with Crippen LogP contribution < -0.4 is 5.32 Å². The van der Waals surface area contributed by atoms with Gasteiger partial charge in [-0.15, -0.1) is 0 Å². The van der Waals surface area contributed by atoms with E-state index in [4.69, 9.17) is 0 Å². The quantitative estimate of drug-likeness (QED) is 0.658. The first-order valence-corrected chi connectivity index (χ1v) is 8.04. The molecule has 2 amide bonds. The molecular formula is C17H25N3O2. The Morgan fingerprint density at radius 1 is 1.09 bits per heavy atom. The Balaban J connectivity index is 1.74. The van der Waals surface area contributed by atoms with Gasteiger partial charge in [-0.3, -0.25) is 14.5 Å². The van der Waals surface area contributed by atoms with Gasteiger partial charge in [-0.05, 0) is 12.0 Å². The molecule has 0 saturated carbocycles. The lowest BCUT2D eigenvalue weighted by atomic mass is 10.2. The lowest BCUT2D eigenvalue weighted by Crippen LogP contribution is -2.52. The molecule has 1 fully saturated rings. The highest BCUT2D eigenvalue weighted by molar-refractivity contribution is 6.35. The average Bonchev–Trinajstić information content (AvgIpc) is 2.56. The summed E-state index contributed by atoms with van der Waals surface area (Å²) in [5, 5.41) is 2.69. The Kier molecular flexibility index (Phi) is 6.40. The fourth-order valence-corrected chi connectivity index (χ4v) is 2.55. The molecule has 0 unspecified atom stereocenters. The van der Waals surface area contributed by atoms with Crippen LogP contribution >= 0.6 is 0 Å². The molecule has 0 spiro atoms. The summed E-state index contributed by atoms with van der Waals surface area (Å²) < 4.78 is 0. The molecule has 1 aromatic carbocycles. The number of carbonyl (C=O) groups excluding carboxylic acids is 2. The summed E-state index contributed by atoms with van der Waals surface area (Å²) in [5.74, 6) is -0.861. The van der Waals surface area contributed by atoms with E-state index in [2.05, 4.69) is 29.3 Å². The second kappa shape index (κ2) is 8.54. The molecule has 1 N–H and O–H groups in total. The predicted molar refractivity (Wildman–Crippen MR) is 86.2 cm³/mol. The maximum atomic E-state index is 12.1. The van der Waals surface area contributed by atoms with E-state index in [0.29, 0.717) is 19.6 Å². The minimum absolute atomic E-state index is 0.393.